The van der Waals surface area contributed by atoms with Crippen LogP contribution in [0.25, 0.3) is 11.1 Å². The molecule has 0 atom stereocenters. The Labute approximate surface area is 231 Å². The highest BCUT2D eigenvalue weighted by atomic mass is 16.5. The molecule has 0 saturated heterocycles. The lowest BCUT2D eigenvalue weighted by Crippen LogP contribution is -2.29. The number of carbonyl (C=O) groups excluding carboxylic acids is 2. The van der Waals surface area contributed by atoms with Crippen LogP contribution in [0.4, 0.5) is 11.4 Å². The summed E-state index contributed by atoms with van der Waals surface area (Å²) < 4.78 is 12.1. The van der Waals surface area contributed by atoms with E-state index >= 15 is 0 Å². The summed E-state index contributed by atoms with van der Waals surface area (Å²) in [7, 11) is 0. The molecule has 40 heavy (non-hydrogen) atoms. The SMILES string of the molecule is C=Nc1cc(-c2ccccc2)ccc1OCc1cc(N2C(=O)c3ccc(C(=O)O)cc3C2=O)ccc1OC(C)C. The molecule has 1 aliphatic heterocycles. The first-order valence-corrected chi connectivity index (χ1v) is 12.6. The number of aliphatic imine (C=N–C) groups is 1. The van der Waals surface area contributed by atoms with Gasteiger partial charge < -0.3 is 14.6 Å². The van der Waals surface area contributed by atoms with E-state index in [-0.39, 0.29) is 29.4 Å². The van der Waals surface area contributed by atoms with Crippen LogP contribution in [0.3, 0.4) is 0 Å². The maximum absolute atomic E-state index is 13.2. The van der Waals surface area contributed by atoms with Crippen molar-refractivity contribution in [3.05, 3.63) is 107 Å². The number of carboxylic acids is 1. The van der Waals surface area contributed by atoms with Crippen LogP contribution in [0, 0.1) is 0 Å². The van der Waals surface area contributed by atoms with E-state index in [1.807, 2.05) is 62.4 Å². The summed E-state index contributed by atoms with van der Waals surface area (Å²) in [4.78, 5) is 42.9. The van der Waals surface area contributed by atoms with Gasteiger partial charge in [0.2, 0.25) is 0 Å². The molecule has 0 spiro atoms. The molecule has 4 aromatic carbocycles. The highest BCUT2D eigenvalue weighted by Crippen LogP contribution is 2.36. The second kappa shape index (κ2) is 10.9. The van der Waals surface area contributed by atoms with Crippen LogP contribution in [-0.4, -0.2) is 35.7 Å². The Morgan fingerprint density at radius 2 is 1.60 bits per heavy atom. The molecule has 5 rings (SSSR count). The van der Waals surface area contributed by atoms with Crippen molar-refractivity contribution in [1.29, 1.82) is 0 Å². The summed E-state index contributed by atoms with van der Waals surface area (Å²) >= 11 is 0. The van der Waals surface area contributed by atoms with Gasteiger partial charge in [-0.1, -0.05) is 36.4 Å². The quantitative estimate of drug-likeness (QED) is 0.193. The van der Waals surface area contributed by atoms with Crippen molar-refractivity contribution in [2.75, 3.05) is 4.90 Å². The van der Waals surface area contributed by atoms with E-state index < -0.39 is 17.8 Å². The lowest BCUT2D eigenvalue weighted by atomic mass is 10.0. The van der Waals surface area contributed by atoms with Crippen LogP contribution in [-0.2, 0) is 6.61 Å². The third-order valence-electron chi connectivity index (χ3n) is 6.42. The first-order chi connectivity index (χ1) is 19.3. The number of amides is 2. The summed E-state index contributed by atoms with van der Waals surface area (Å²) in [5.41, 5.74) is 3.63. The number of aromatic carboxylic acids is 1. The molecule has 1 heterocycles. The monoisotopic (exact) mass is 534 g/mol. The number of carbonyl (C=O) groups is 3. The number of hydrogen-bond acceptors (Lipinski definition) is 6. The second-order valence-corrected chi connectivity index (χ2v) is 9.47. The number of fused-ring (bicyclic) bond motifs is 1. The number of nitrogens with zero attached hydrogens (tertiary/aromatic N) is 2. The largest absolute Gasteiger partial charge is 0.491 e. The molecule has 1 N–H and O–H groups in total. The minimum atomic E-state index is -1.18. The molecule has 0 fully saturated rings. The van der Waals surface area contributed by atoms with Crippen LogP contribution in [0.1, 0.15) is 50.5 Å². The first kappa shape index (κ1) is 26.4. The fourth-order valence-corrected chi connectivity index (χ4v) is 4.52. The Hall–Kier alpha value is -5.24. The molecule has 8 nitrogen and oxygen atoms in total. The van der Waals surface area contributed by atoms with Gasteiger partial charge >= 0.3 is 5.97 Å². The molecule has 0 unspecified atom stereocenters. The molecule has 0 aromatic heterocycles. The predicted molar refractivity (Wildman–Crippen MR) is 152 cm³/mol. The maximum Gasteiger partial charge on any atom is 0.335 e. The van der Waals surface area contributed by atoms with E-state index in [1.54, 1.807) is 18.2 Å². The highest BCUT2D eigenvalue weighted by molar-refractivity contribution is 6.34. The standard InChI is InChI=1S/C32H26N2O6/c1-19(2)40-28-14-11-24(34-30(35)25-12-9-22(32(37)38)16-26(25)31(34)36)15-23(28)18-39-29-13-10-21(17-27(29)33-3)20-7-5-4-6-8-20/h4-17,19H,3,18H2,1-2H3,(H,37,38). The van der Waals surface area contributed by atoms with Gasteiger partial charge in [-0.3, -0.25) is 14.6 Å². The van der Waals surface area contributed by atoms with Gasteiger partial charge in [0.05, 0.1) is 28.5 Å². The number of anilines is 1. The Morgan fingerprint density at radius 1 is 0.875 bits per heavy atom. The molecule has 2 amide bonds. The van der Waals surface area contributed by atoms with Crippen molar-refractivity contribution in [3.8, 4) is 22.6 Å². The van der Waals surface area contributed by atoms with E-state index in [4.69, 9.17) is 9.47 Å². The zero-order valence-corrected chi connectivity index (χ0v) is 22.0. The number of carboxylic acid groups (broad SMARTS) is 1. The molecule has 0 bridgehead atoms. The minimum Gasteiger partial charge on any atom is -0.491 e. The van der Waals surface area contributed by atoms with Gasteiger partial charge in [0.1, 0.15) is 23.8 Å². The van der Waals surface area contributed by atoms with E-state index in [2.05, 4.69) is 11.7 Å². The third-order valence-corrected chi connectivity index (χ3v) is 6.42. The van der Waals surface area contributed by atoms with Gasteiger partial charge in [-0.25, -0.2) is 9.69 Å². The van der Waals surface area contributed by atoms with Gasteiger partial charge in [0.15, 0.2) is 0 Å². The van der Waals surface area contributed by atoms with Crippen LogP contribution in [0.2, 0.25) is 0 Å². The highest BCUT2D eigenvalue weighted by Gasteiger charge is 2.37. The molecule has 200 valence electrons. The Morgan fingerprint density at radius 3 is 2.30 bits per heavy atom. The Balaban J connectivity index is 1.45. The summed E-state index contributed by atoms with van der Waals surface area (Å²) in [5, 5.41) is 9.31. The number of hydrogen-bond donors (Lipinski definition) is 1. The van der Waals surface area contributed by atoms with Crippen molar-refractivity contribution in [2.45, 2.75) is 26.6 Å². The fraction of sp³-hybridized carbons (Fsp3) is 0.125. The lowest BCUT2D eigenvalue weighted by molar-refractivity contribution is 0.0696. The van der Waals surface area contributed by atoms with E-state index in [1.165, 1.54) is 18.2 Å². The van der Waals surface area contributed by atoms with Crippen molar-refractivity contribution in [1.82, 2.24) is 0 Å². The first-order valence-electron chi connectivity index (χ1n) is 12.6. The zero-order chi connectivity index (χ0) is 28.4. The molecular formula is C32H26N2O6. The molecular weight excluding hydrogens is 508 g/mol. The molecule has 0 radical (unpaired) electrons. The van der Waals surface area contributed by atoms with Gasteiger partial charge in [-0.05, 0) is 80.2 Å². The topological polar surface area (TPSA) is 106 Å². The normalized spacial score (nSPS) is 12.4. The number of ether oxygens (including phenoxy) is 2. The smallest absolute Gasteiger partial charge is 0.335 e. The summed E-state index contributed by atoms with van der Waals surface area (Å²) in [6.45, 7) is 7.54. The summed E-state index contributed by atoms with van der Waals surface area (Å²) in [6, 6.07) is 24.4. The van der Waals surface area contributed by atoms with Gasteiger partial charge in [0, 0.05) is 5.56 Å². The van der Waals surface area contributed by atoms with E-state index in [9.17, 15) is 19.5 Å². The van der Waals surface area contributed by atoms with Crippen LogP contribution in [0.5, 0.6) is 11.5 Å². The average molecular weight is 535 g/mol. The van der Waals surface area contributed by atoms with Crippen molar-refractivity contribution < 1.29 is 29.0 Å². The van der Waals surface area contributed by atoms with Crippen molar-refractivity contribution in [2.24, 2.45) is 4.99 Å². The predicted octanol–water partition coefficient (Wildman–Crippen LogP) is 6.55. The van der Waals surface area contributed by atoms with Crippen molar-refractivity contribution >= 4 is 35.9 Å². The molecule has 8 heteroatoms. The third kappa shape index (κ3) is 5.07. The van der Waals surface area contributed by atoms with Crippen LogP contribution < -0.4 is 14.4 Å². The molecule has 0 saturated carbocycles. The number of imide groups is 1. The summed E-state index contributed by atoms with van der Waals surface area (Å²) in [5.74, 6) is -1.26. The van der Waals surface area contributed by atoms with E-state index in [0.29, 0.717) is 28.4 Å². The van der Waals surface area contributed by atoms with Crippen LogP contribution in [0.15, 0.2) is 89.9 Å². The van der Waals surface area contributed by atoms with Gasteiger partial charge in [-0.15, -0.1) is 0 Å². The minimum absolute atomic E-state index is 0.0467. The Bertz CT molecular complexity index is 1640. The molecule has 0 aliphatic carbocycles. The van der Waals surface area contributed by atoms with E-state index in [0.717, 1.165) is 16.0 Å². The Kier molecular flexibility index (Phi) is 7.16. The average Bonchev–Trinajstić information content (AvgIpc) is 3.21. The molecule has 1 aliphatic rings. The number of rotatable bonds is 9. The van der Waals surface area contributed by atoms with Crippen molar-refractivity contribution in [3.63, 3.8) is 0 Å². The van der Waals surface area contributed by atoms with Gasteiger partial charge in [0.25, 0.3) is 11.8 Å². The second-order valence-electron chi connectivity index (χ2n) is 9.47. The maximum atomic E-state index is 13.2. The summed E-state index contributed by atoms with van der Waals surface area (Å²) in [6.07, 6.45) is -0.131. The fourth-order valence-electron chi connectivity index (χ4n) is 4.52. The number of benzene rings is 4. The zero-order valence-electron chi connectivity index (χ0n) is 22.0. The lowest BCUT2D eigenvalue weighted by Gasteiger charge is -2.20. The van der Waals surface area contributed by atoms with Gasteiger partial charge in [-0.2, -0.15) is 0 Å². The van der Waals surface area contributed by atoms with Crippen LogP contribution >= 0.6 is 0 Å². The molecule has 4 aromatic rings.